The van der Waals surface area contributed by atoms with Crippen LogP contribution in [0.2, 0.25) is 14.3 Å². The molecule has 0 aliphatic carbocycles. The Labute approximate surface area is 118 Å². The van der Waals surface area contributed by atoms with E-state index in [0.29, 0.717) is 0 Å². The predicted molar refractivity (Wildman–Crippen MR) is 74.0 cm³/mol. The van der Waals surface area contributed by atoms with E-state index in [2.05, 4.69) is 16.8 Å². The normalized spacial score (nSPS) is 10.4. The number of carbonyl (C=O) groups is 2. The van der Waals surface area contributed by atoms with Crippen LogP contribution in [0.3, 0.4) is 0 Å². The van der Waals surface area contributed by atoms with Crippen molar-refractivity contribution in [2.75, 3.05) is 14.1 Å². The number of carbonyl (C=O) groups excluding carboxylic acids is 1. The number of hydrogen-bond donors (Lipinski definition) is 1. The van der Waals surface area contributed by atoms with Gasteiger partial charge in [0, 0.05) is 5.97 Å². The average Bonchev–Trinajstić information content (AvgIpc) is 2.15. The van der Waals surface area contributed by atoms with Crippen LogP contribution in [-0.4, -0.2) is 61.8 Å². The van der Waals surface area contributed by atoms with Gasteiger partial charge in [-0.15, -0.1) is 0 Å². The summed E-state index contributed by atoms with van der Waals surface area (Å²) >= 11 is -0.615. The number of carboxylic acid groups (broad SMARTS) is 2. The molecular formula is C12H27NO4Sn. The van der Waals surface area contributed by atoms with E-state index in [-0.39, 0.29) is 6.04 Å². The molecule has 1 atom stereocenters. The van der Waals surface area contributed by atoms with Crippen LogP contribution < -0.4 is 5.11 Å². The van der Waals surface area contributed by atoms with E-state index in [1.807, 2.05) is 0 Å². The van der Waals surface area contributed by atoms with Gasteiger partial charge in [-0.25, -0.2) is 0 Å². The van der Waals surface area contributed by atoms with Crippen LogP contribution in [0.4, 0.5) is 0 Å². The van der Waals surface area contributed by atoms with E-state index in [1.165, 1.54) is 6.42 Å². The molecule has 0 aliphatic heterocycles. The summed E-state index contributed by atoms with van der Waals surface area (Å²) in [5.41, 5.74) is 0. The zero-order valence-electron chi connectivity index (χ0n) is 12.6. The second kappa shape index (κ2) is 14.8. The fourth-order valence-corrected chi connectivity index (χ4v) is 3.57. The molecule has 6 heteroatoms. The van der Waals surface area contributed by atoms with Gasteiger partial charge in [-0.05, 0) is 27.9 Å². The molecule has 0 aromatic heterocycles. The van der Waals surface area contributed by atoms with Gasteiger partial charge < -0.3 is 15.0 Å². The summed E-state index contributed by atoms with van der Waals surface area (Å²) in [5, 5.41) is 17.2. The summed E-state index contributed by atoms with van der Waals surface area (Å²) in [6, 6.07) is -0.380. The van der Waals surface area contributed by atoms with Crippen molar-refractivity contribution in [1.29, 1.82) is 0 Å². The molecule has 0 amide bonds. The predicted octanol–water partition coefficient (Wildman–Crippen LogP) is 0.928. The Bertz CT molecular complexity index is 216. The topological polar surface area (TPSA) is 80.7 Å². The van der Waals surface area contributed by atoms with E-state index in [0.717, 1.165) is 6.92 Å². The Morgan fingerprint density at radius 3 is 1.67 bits per heavy atom. The van der Waals surface area contributed by atoms with Gasteiger partial charge in [0.1, 0.15) is 6.04 Å². The van der Waals surface area contributed by atoms with Gasteiger partial charge in [-0.1, -0.05) is 0 Å². The fourth-order valence-electron chi connectivity index (χ4n) is 0.721. The van der Waals surface area contributed by atoms with Crippen molar-refractivity contribution in [3.05, 3.63) is 0 Å². The third-order valence-corrected chi connectivity index (χ3v) is 6.16. The number of rotatable bonds is 4. The van der Waals surface area contributed by atoms with Crippen LogP contribution in [0.25, 0.3) is 0 Å². The number of hydrogen-bond acceptors (Lipinski definition) is 4. The fraction of sp³-hybridized carbons (Fsp3) is 0.833. The van der Waals surface area contributed by atoms with Crippen molar-refractivity contribution in [2.45, 2.75) is 47.5 Å². The molecule has 0 spiro atoms. The van der Waals surface area contributed by atoms with Crippen molar-refractivity contribution in [3.63, 3.8) is 0 Å². The van der Waals surface area contributed by atoms with Crippen LogP contribution in [-0.2, 0) is 9.59 Å². The van der Waals surface area contributed by atoms with Crippen molar-refractivity contribution in [1.82, 2.24) is 4.90 Å². The second-order valence-corrected chi connectivity index (χ2v) is 12.7. The van der Waals surface area contributed by atoms with Gasteiger partial charge >= 0.3 is 53.4 Å². The molecule has 0 saturated heterocycles. The van der Waals surface area contributed by atoms with Gasteiger partial charge in [0.15, 0.2) is 0 Å². The maximum absolute atomic E-state index is 10.1. The van der Waals surface area contributed by atoms with Gasteiger partial charge in [-0.2, -0.15) is 0 Å². The zero-order valence-corrected chi connectivity index (χ0v) is 15.5. The second-order valence-electron chi connectivity index (χ2n) is 4.43. The van der Waals surface area contributed by atoms with Crippen LogP contribution in [0, 0.1) is 0 Å². The summed E-state index contributed by atoms with van der Waals surface area (Å²) in [6.45, 7) is 4.88. The number of carboxylic acids is 2. The Morgan fingerprint density at radius 2 is 1.67 bits per heavy atom. The summed E-state index contributed by atoms with van der Waals surface area (Å²) in [6.07, 6.45) is 1.42. The number of likely N-dealkylation sites (N-methyl/N-ethyl adjacent to an activating group) is 1. The van der Waals surface area contributed by atoms with E-state index in [9.17, 15) is 4.79 Å². The summed E-state index contributed by atoms with van der Waals surface area (Å²) < 4.78 is 1.57. The number of nitrogens with zero attached hydrogens (tertiary/aromatic N) is 1. The van der Waals surface area contributed by atoms with Crippen molar-refractivity contribution < 1.29 is 19.8 Å². The molecule has 18 heavy (non-hydrogen) atoms. The SMILES string of the molecule is CC(=O)[O-].CC(C(=O)O)N(C)C.CC[CH2][Sn+]([CH3])[CH3]. The van der Waals surface area contributed by atoms with E-state index >= 15 is 0 Å². The first-order valence-corrected chi connectivity index (χ1v) is 13.6. The Balaban J connectivity index is -0.000000200. The van der Waals surface area contributed by atoms with E-state index < -0.39 is 31.7 Å². The Morgan fingerprint density at radius 1 is 1.33 bits per heavy atom. The molecule has 0 rings (SSSR count). The van der Waals surface area contributed by atoms with Crippen LogP contribution >= 0.6 is 0 Å². The van der Waals surface area contributed by atoms with Gasteiger partial charge in [0.05, 0.1) is 0 Å². The Kier molecular flexibility index (Phi) is 18.7. The first kappa shape index (κ1) is 22.8. The quantitative estimate of drug-likeness (QED) is 0.747. The average molecular weight is 368 g/mol. The van der Waals surface area contributed by atoms with E-state index in [4.69, 9.17) is 15.0 Å². The molecule has 0 radical (unpaired) electrons. The molecule has 0 aliphatic rings. The van der Waals surface area contributed by atoms with Gasteiger partial charge in [0.2, 0.25) is 0 Å². The minimum atomic E-state index is -1.08. The first-order chi connectivity index (χ1) is 8.06. The third-order valence-electron chi connectivity index (χ3n) is 1.88. The van der Waals surface area contributed by atoms with E-state index in [1.54, 1.807) is 30.4 Å². The standard InChI is InChI=1S/C5H11NO2.C3H7.C2H4O2.2CH3.Sn/c1-4(5(7)8)6(2)3;1-3-2;1-2(3)4;;;/h4H,1-3H3,(H,7,8);1,3H2,2H3;1H3,(H,3,4);2*1H3;/q;;;;;+1/p-1. The van der Waals surface area contributed by atoms with Gasteiger partial charge in [-0.3, -0.25) is 9.69 Å². The molecule has 5 nitrogen and oxygen atoms in total. The molecule has 0 fully saturated rings. The maximum atomic E-state index is 10.1. The van der Waals surface area contributed by atoms with Crippen molar-refractivity contribution in [2.24, 2.45) is 0 Å². The van der Waals surface area contributed by atoms with Crippen molar-refractivity contribution in [3.8, 4) is 0 Å². The van der Waals surface area contributed by atoms with Crippen LogP contribution in [0.1, 0.15) is 27.2 Å². The molecule has 0 saturated carbocycles. The van der Waals surface area contributed by atoms with Crippen LogP contribution in [0.5, 0.6) is 0 Å². The zero-order chi connectivity index (χ0) is 15.3. The molecule has 0 aromatic rings. The summed E-state index contributed by atoms with van der Waals surface area (Å²) in [5.74, 6) is -1.87. The molecule has 0 aromatic carbocycles. The van der Waals surface area contributed by atoms with Crippen molar-refractivity contribution >= 4 is 31.7 Å². The first-order valence-electron chi connectivity index (χ1n) is 5.92. The van der Waals surface area contributed by atoms with Crippen LogP contribution in [0.15, 0.2) is 0 Å². The summed E-state index contributed by atoms with van der Waals surface area (Å²) in [4.78, 5) is 25.5. The molecular weight excluding hydrogens is 341 g/mol. The molecule has 1 N–H and O–H groups in total. The molecule has 1 unspecified atom stereocenters. The monoisotopic (exact) mass is 369 g/mol. The molecule has 0 heterocycles. The molecule has 108 valence electrons. The summed E-state index contributed by atoms with van der Waals surface area (Å²) in [7, 11) is 3.47. The number of aliphatic carboxylic acids is 2. The molecule has 0 bridgehead atoms. The Hall–Kier alpha value is -0.301. The minimum absolute atomic E-state index is 0.380. The third kappa shape index (κ3) is 29.6. The van der Waals surface area contributed by atoms with Gasteiger partial charge in [0.25, 0.3) is 0 Å².